The summed E-state index contributed by atoms with van der Waals surface area (Å²) in [6.07, 6.45) is 1.18. The van der Waals surface area contributed by atoms with Gasteiger partial charge in [0.15, 0.2) is 0 Å². The van der Waals surface area contributed by atoms with E-state index < -0.39 is 17.8 Å². The van der Waals surface area contributed by atoms with E-state index in [1.807, 2.05) is 31.2 Å². The standard InChI is InChI=1S/C19H19FN4O2/c1-2-5-16(21-17(25)12-8-10-13(20)11-9-12)18(26)24-19-22-14-6-3-4-7-15(14)23-19/h3-4,6-11,16H,2,5H2,1H3,(H,21,25)(H2,22,23,24,26)/t16-/m1/s1. The molecule has 3 rings (SSSR count). The Morgan fingerprint density at radius 1 is 1.15 bits per heavy atom. The Bertz CT molecular complexity index is 888. The van der Waals surface area contributed by atoms with Gasteiger partial charge < -0.3 is 10.3 Å². The minimum atomic E-state index is -0.717. The third kappa shape index (κ3) is 4.05. The Balaban J connectivity index is 1.70. The predicted octanol–water partition coefficient (Wildman–Crippen LogP) is 3.24. The summed E-state index contributed by atoms with van der Waals surface area (Å²) < 4.78 is 13.0. The van der Waals surface area contributed by atoms with Crippen molar-refractivity contribution in [3.63, 3.8) is 0 Å². The van der Waals surface area contributed by atoms with Crippen molar-refractivity contribution in [3.05, 3.63) is 59.9 Å². The van der Waals surface area contributed by atoms with E-state index in [2.05, 4.69) is 20.6 Å². The molecule has 3 N–H and O–H groups in total. The van der Waals surface area contributed by atoms with Crippen molar-refractivity contribution in [2.45, 2.75) is 25.8 Å². The van der Waals surface area contributed by atoms with E-state index >= 15 is 0 Å². The first kappa shape index (κ1) is 17.6. The molecule has 0 radical (unpaired) electrons. The van der Waals surface area contributed by atoms with Crippen molar-refractivity contribution in [2.75, 3.05) is 5.32 Å². The molecule has 26 heavy (non-hydrogen) atoms. The maximum Gasteiger partial charge on any atom is 0.251 e. The average molecular weight is 354 g/mol. The molecule has 134 valence electrons. The quantitative estimate of drug-likeness (QED) is 0.635. The van der Waals surface area contributed by atoms with Crippen LogP contribution in [0.2, 0.25) is 0 Å². The van der Waals surface area contributed by atoms with Crippen LogP contribution < -0.4 is 10.6 Å². The van der Waals surface area contributed by atoms with Crippen LogP contribution in [0.1, 0.15) is 30.1 Å². The Labute approximate surface area is 149 Å². The van der Waals surface area contributed by atoms with Crippen molar-refractivity contribution >= 4 is 28.8 Å². The number of fused-ring (bicyclic) bond motifs is 1. The van der Waals surface area contributed by atoms with Crippen LogP contribution in [0.4, 0.5) is 10.3 Å². The van der Waals surface area contributed by atoms with Crippen LogP contribution >= 0.6 is 0 Å². The Hall–Kier alpha value is -3.22. The van der Waals surface area contributed by atoms with Crippen molar-refractivity contribution in [1.29, 1.82) is 0 Å². The van der Waals surface area contributed by atoms with Crippen LogP contribution in [0.25, 0.3) is 11.0 Å². The number of hydrogen-bond acceptors (Lipinski definition) is 3. The minimum absolute atomic E-state index is 0.295. The Kier molecular flexibility index (Phi) is 5.26. The molecule has 0 aliphatic carbocycles. The maximum absolute atomic E-state index is 13.0. The lowest BCUT2D eigenvalue weighted by Gasteiger charge is -2.17. The summed E-state index contributed by atoms with van der Waals surface area (Å²) in [5.74, 6) is -0.882. The van der Waals surface area contributed by atoms with Gasteiger partial charge in [0.2, 0.25) is 11.9 Å². The predicted molar refractivity (Wildman–Crippen MR) is 97.3 cm³/mol. The van der Waals surface area contributed by atoms with Crippen LogP contribution in [0.5, 0.6) is 0 Å². The number of carbonyl (C=O) groups is 2. The van der Waals surface area contributed by atoms with Crippen LogP contribution in [0.15, 0.2) is 48.5 Å². The maximum atomic E-state index is 13.0. The number of para-hydroxylation sites is 2. The second-order valence-corrected chi connectivity index (χ2v) is 5.91. The highest BCUT2D eigenvalue weighted by Gasteiger charge is 2.21. The van der Waals surface area contributed by atoms with Gasteiger partial charge in [-0.1, -0.05) is 25.5 Å². The zero-order chi connectivity index (χ0) is 18.5. The van der Waals surface area contributed by atoms with Gasteiger partial charge in [0.05, 0.1) is 11.0 Å². The molecule has 7 heteroatoms. The smallest absolute Gasteiger partial charge is 0.251 e. The lowest BCUT2D eigenvalue weighted by atomic mass is 10.1. The van der Waals surface area contributed by atoms with E-state index in [1.165, 1.54) is 24.3 Å². The molecule has 1 aromatic heterocycles. The fraction of sp³-hybridized carbons (Fsp3) is 0.211. The number of nitrogens with zero attached hydrogens (tertiary/aromatic N) is 1. The molecule has 1 heterocycles. The first-order chi connectivity index (χ1) is 12.6. The molecular formula is C19H19FN4O2. The van der Waals surface area contributed by atoms with Gasteiger partial charge in [-0.25, -0.2) is 9.37 Å². The number of rotatable bonds is 6. The molecule has 0 unspecified atom stereocenters. The van der Waals surface area contributed by atoms with Crippen molar-refractivity contribution < 1.29 is 14.0 Å². The number of amides is 2. The molecule has 2 aromatic carbocycles. The van der Waals surface area contributed by atoms with Gasteiger partial charge in [-0.3, -0.25) is 14.9 Å². The molecule has 0 aliphatic rings. The molecule has 0 saturated carbocycles. The van der Waals surface area contributed by atoms with E-state index in [1.54, 1.807) is 0 Å². The van der Waals surface area contributed by atoms with E-state index in [0.29, 0.717) is 24.4 Å². The Morgan fingerprint density at radius 2 is 1.88 bits per heavy atom. The summed E-state index contributed by atoms with van der Waals surface area (Å²) in [6.45, 7) is 1.92. The lowest BCUT2D eigenvalue weighted by Crippen LogP contribution is -2.43. The van der Waals surface area contributed by atoms with Crippen molar-refractivity contribution in [1.82, 2.24) is 15.3 Å². The van der Waals surface area contributed by atoms with Crippen LogP contribution in [-0.4, -0.2) is 27.8 Å². The second kappa shape index (κ2) is 7.77. The lowest BCUT2D eigenvalue weighted by molar-refractivity contribution is -0.118. The van der Waals surface area contributed by atoms with Gasteiger partial charge in [0, 0.05) is 5.56 Å². The third-order valence-corrected chi connectivity index (χ3v) is 3.94. The van der Waals surface area contributed by atoms with Gasteiger partial charge in [-0.2, -0.15) is 0 Å². The van der Waals surface area contributed by atoms with Gasteiger partial charge in [0.25, 0.3) is 5.91 Å². The Morgan fingerprint density at radius 3 is 2.58 bits per heavy atom. The summed E-state index contributed by atoms with van der Waals surface area (Å²) in [5.41, 5.74) is 1.85. The molecule has 0 bridgehead atoms. The van der Waals surface area contributed by atoms with E-state index in [-0.39, 0.29) is 5.91 Å². The molecule has 0 spiro atoms. The number of halogens is 1. The molecule has 0 fully saturated rings. The van der Waals surface area contributed by atoms with E-state index in [4.69, 9.17) is 0 Å². The largest absolute Gasteiger partial charge is 0.340 e. The third-order valence-electron chi connectivity index (χ3n) is 3.94. The SMILES string of the molecule is CCC[C@@H](NC(=O)c1ccc(F)cc1)C(=O)Nc1nc2ccccc2[nH]1. The molecule has 0 saturated heterocycles. The first-order valence-electron chi connectivity index (χ1n) is 8.39. The van der Waals surface area contributed by atoms with Crippen LogP contribution in [0.3, 0.4) is 0 Å². The normalized spacial score (nSPS) is 11.9. The summed E-state index contributed by atoms with van der Waals surface area (Å²) in [6, 6.07) is 11.9. The van der Waals surface area contributed by atoms with Crippen LogP contribution in [0, 0.1) is 5.82 Å². The van der Waals surface area contributed by atoms with E-state index in [9.17, 15) is 14.0 Å². The topological polar surface area (TPSA) is 86.9 Å². The number of aromatic amines is 1. The zero-order valence-corrected chi connectivity index (χ0v) is 14.3. The fourth-order valence-electron chi connectivity index (χ4n) is 2.62. The minimum Gasteiger partial charge on any atom is -0.340 e. The molecule has 1 atom stereocenters. The monoisotopic (exact) mass is 354 g/mol. The van der Waals surface area contributed by atoms with Crippen molar-refractivity contribution in [2.24, 2.45) is 0 Å². The number of hydrogen-bond donors (Lipinski definition) is 3. The summed E-state index contributed by atoms with van der Waals surface area (Å²) in [7, 11) is 0. The van der Waals surface area contributed by atoms with Crippen LogP contribution in [-0.2, 0) is 4.79 Å². The summed E-state index contributed by atoms with van der Waals surface area (Å²) >= 11 is 0. The first-order valence-corrected chi connectivity index (χ1v) is 8.39. The van der Waals surface area contributed by atoms with Gasteiger partial charge in [-0.05, 0) is 42.8 Å². The molecular weight excluding hydrogens is 335 g/mol. The number of imidazole rings is 1. The fourth-order valence-corrected chi connectivity index (χ4v) is 2.62. The average Bonchev–Trinajstić information content (AvgIpc) is 3.04. The highest BCUT2D eigenvalue weighted by molar-refractivity contribution is 6.01. The number of anilines is 1. The van der Waals surface area contributed by atoms with Gasteiger partial charge >= 0.3 is 0 Å². The highest BCUT2D eigenvalue weighted by Crippen LogP contribution is 2.14. The van der Waals surface area contributed by atoms with Gasteiger partial charge in [0.1, 0.15) is 11.9 Å². The highest BCUT2D eigenvalue weighted by atomic mass is 19.1. The van der Waals surface area contributed by atoms with Crippen molar-refractivity contribution in [3.8, 4) is 0 Å². The number of aromatic nitrogens is 2. The molecule has 0 aliphatic heterocycles. The van der Waals surface area contributed by atoms with Gasteiger partial charge in [-0.15, -0.1) is 0 Å². The summed E-state index contributed by atoms with van der Waals surface area (Å²) in [4.78, 5) is 32.2. The summed E-state index contributed by atoms with van der Waals surface area (Å²) in [5, 5.41) is 5.39. The molecule has 2 amide bonds. The number of benzene rings is 2. The number of H-pyrrole nitrogens is 1. The van der Waals surface area contributed by atoms with E-state index in [0.717, 1.165) is 11.0 Å². The molecule has 6 nitrogen and oxygen atoms in total. The zero-order valence-electron chi connectivity index (χ0n) is 14.3. The molecule has 3 aromatic rings. The second-order valence-electron chi connectivity index (χ2n) is 5.91. The number of nitrogens with one attached hydrogen (secondary N) is 3. The number of carbonyl (C=O) groups excluding carboxylic acids is 2.